The van der Waals surface area contributed by atoms with Crippen molar-refractivity contribution in [3.8, 4) is 0 Å². The van der Waals surface area contributed by atoms with Crippen LogP contribution in [-0.4, -0.2) is 19.8 Å². The van der Waals surface area contributed by atoms with E-state index in [1.165, 1.54) is 0 Å². The van der Waals surface area contributed by atoms with Crippen molar-refractivity contribution >= 4 is 38.8 Å². The van der Waals surface area contributed by atoms with E-state index in [9.17, 15) is 0 Å². The Balaban J connectivity index is 2.20. The Hall–Kier alpha value is -1.47. The molecule has 1 aromatic heterocycles. The third-order valence-electron chi connectivity index (χ3n) is 2.73. The Morgan fingerprint density at radius 2 is 2.32 bits per heavy atom. The number of anilines is 1. The molecule has 0 atom stereocenters. The molecule has 1 heterocycles. The Labute approximate surface area is 125 Å². The van der Waals surface area contributed by atoms with Gasteiger partial charge in [-0.3, -0.25) is 0 Å². The van der Waals surface area contributed by atoms with Crippen molar-refractivity contribution in [1.29, 1.82) is 0 Å². The van der Waals surface area contributed by atoms with Gasteiger partial charge in [-0.2, -0.15) is 0 Å². The summed E-state index contributed by atoms with van der Waals surface area (Å²) in [5.41, 5.74) is 7.44. The molecule has 0 aliphatic rings. The van der Waals surface area contributed by atoms with Crippen LogP contribution >= 0.6 is 28.1 Å². The van der Waals surface area contributed by atoms with E-state index >= 15 is 0 Å². The molecule has 0 saturated carbocycles. The molecule has 2 rings (SSSR count). The van der Waals surface area contributed by atoms with E-state index in [-0.39, 0.29) is 0 Å². The number of aryl methyl sites for hydroxylation is 1. The summed E-state index contributed by atoms with van der Waals surface area (Å²) in [5.74, 6) is 0.872. The van der Waals surface area contributed by atoms with Gasteiger partial charge in [-0.15, -0.1) is 10.2 Å². The molecule has 100 valence electrons. The number of aromatic nitrogens is 3. The third kappa shape index (κ3) is 3.10. The van der Waals surface area contributed by atoms with Crippen molar-refractivity contribution < 1.29 is 0 Å². The minimum absolute atomic E-state index is 0.354. The van der Waals surface area contributed by atoms with Crippen LogP contribution < -0.4 is 11.1 Å². The summed E-state index contributed by atoms with van der Waals surface area (Å²) in [7, 11) is 0. The third-order valence-corrected chi connectivity index (χ3v) is 3.60. The summed E-state index contributed by atoms with van der Waals surface area (Å²) in [6.07, 6.45) is 1.71. The minimum atomic E-state index is 0.354. The zero-order chi connectivity index (χ0) is 13.8. The molecule has 1 aromatic carbocycles. The molecule has 0 fully saturated rings. The SMILES string of the molecule is CCn1cnnc1CNc1cccc(Br)c1C(N)=S. The number of benzene rings is 1. The predicted octanol–water partition coefficient (Wildman–Crippen LogP) is 2.31. The van der Waals surface area contributed by atoms with Gasteiger partial charge >= 0.3 is 0 Å². The van der Waals surface area contributed by atoms with E-state index in [2.05, 4.69) is 31.4 Å². The summed E-state index contributed by atoms with van der Waals surface area (Å²) >= 11 is 8.53. The molecule has 0 aliphatic carbocycles. The summed E-state index contributed by atoms with van der Waals surface area (Å²) in [6.45, 7) is 3.46. The van der Waals surface area contributed by atoms with E-state index in [0.29, 0.717) is 11.5 Å². The van der Waals surface area contributed by atoms with E-state index in [1.807, 2.05) is 29.7 Å². The van der Waals surface area contributed by atoms with Crippen LogP contribution in [0.15, 0.2) is 29.0 Å². The van der Waals surface area contributed by atoms with Gasteiger partial charge in [0, 0.05) is 22.3 Å². The first-order chi connectivity index (χ1) is 9.13. The summed E-state index contributed by atoms with van der Waals surface area (Å²) in [4.78, 5) is 0.354. The standard InChI is InChI=1S/C12H14BrN5S/c1-2-18-7-16-17-10(18)6-15-9-5-3-4-8(13)11(9)12(14)19/h3-5,7,15H,2,6H2,1H3,(H2,14,19). The van der Waals surface area contributed by atoms with Crippen molar-refractivity contribution in [3.05, 3.63) is 40.4 Å². The number of nitrogens with two attached hydrogens (primary N) is 1. The van der Waals surface area contributed by atoms with Gasteiger partial charge in [0.25, 0.3) is 0 Å². The van der Waals surface area contributed by atoms with Gasteiger partial charge in [0.1, 0.15) is 11.3 Å². The van der Waals surface area contributed by atoms with Crippen LogP contribution in [0.25, 0.3) is 0 Å². The Kier molecular flexibility index (Phi) is 4.49. The number of nitrogens with one attached hydrogen (secondary N) is 1. The number of thiocarbonyl (C=S) groups is 1. The predicted molar refractivity (Wildman–Crippen MR) is 83.1 cm³/mol. The molecule has 19 heavy (non-hydrogen) atoms. The first-order valence-electron chi connectivity index (χ1n) is 5.82. The fourth-order valence-corrected chi connectivity index (χ4v) is 2.71. The highest BCUT2D eigenvalue weighted by Crippen LogP contribution is 2.25. The average Bonchev–Trinajstić information content (AvgIpc) is 2.83. The summed E-state index contributed by atoms with van der Waals surface area (Å²) < 4.78 is 2.85. The van der Waals surface area contributed by atoms with Gasteiger partial charge in [0.15, 0.2) is 5.82 Å². The lowest BCUT2D eigenvalue weighted by molar-refractivity contribution is 0.708. The molecule has 0 radical (unpaired) electrons. The van der Waals surface area contributed by atoms with Crippen LogP contribution in [0.1, 0.15) is 18.3 Å². The average molecular weight is 340 g/mol. The van der Waals surface area contributed by atoms with E-state index in [1.54, 1.807) is 6.33 Å². The largest absolute Gasteiger partial charge is 0.389 e. The summed E-state index contributed by atoms with van der Waals surface area (Å²) in [6, 6.07) is 5.78. The Morgan fingerprint density at radius 3 is 3.00 bits per heavy atom. The number of halogens is 1. The molecular formula is C12H14BrN5S. The lowest BCUT2D eigenvalue weighted by Gasteiger charge is -2.12. The number of nitrogens with zero attached hydrogens (tertiary/aromatic N) is 3. The Morgan fingerprint density at radius 1 is 1.53 bits per heavy atom. The molecule has 7 heteroatoms. The minimum Gasteiger partial charge on any atom is -0.389 e. The lowest BCUT2D eigenvalue weighted by Crippen LogP contribution is -2.15. The van der Waals surface area contributed by atoms with Crippen molar-refractivity contribution in [2.24, 2.45) is 5.73 Å². The topological polar surface area (TPSA) is 68.8 Å². The highest BCUT2D eigenvalue weighted by molar-refractivity contribution is 9.10. The molecule has 0 unspecified atom stereocenters. The van der Waals surface area contributed by atoms with Crippen LogP contribution in [0.4, 0.5) is 5.69 Å². The molecule has 2 aromatic rings. The van der Waals surface area contributed by atoms with Gasteiger partial charge in [0.05, 0.1) is 6.54 Å². The maximum atomic E-state index is 5.75. The fraction of sp³-hybridized carbons (Fsp3) is 0.250. The quantitative estimate of drug-likeness (QED) is 0.818. The molecule has 3 N–H and O–H groups in total. The van der Waals surface area contributed by atoms with Crippen LogP contribution in [0.3, 0.4) is 0 Å². The fourth-order valence-electron chi connectivity index (χ4n) is 1.78. The number of hydrogen-bond donors (Lipinski definition) is 2. The van der Waals surface area contributed by atoms with E-state index < -0.39 is 0 Å². The first kappa shape index (κ1) is 14.0. The molecule has 0 saturated heterocycles. The van der Waals surface area contributed by atoms with Crippen LogP contribution in [-0.2, 0) is 13.1 Å². The van der Waals surface area contributed by atoms with Gasteiger partial charge < -0.3 is 15.6 Å². The van der Waals surface area contributed by atoms with Gasteiger partial charge in [-0.1, -0.05) is 18.3 Å². The second-order valence-electron chi connectivity index (χ2n) is 3.91. The number of hydrogen-bond acceptors (Lipinski definition) is 4. The van der Waals surface area contributed by atoms with E-state index in [4.69, 9.17) is 18.0 Å². The van der Waals surface area contributed by atoms with Crippen molar-refractivity contribution in [2.75, 3.05) is 5.32 Å². The smallest absolute Gasteiger partial charge is 0.152 e. The van der Waals surface area contributed by atoms with Crippen LogP contribution in [0.2, 0.25) is 0 Å². The molecule has 0 spiro atoms. The van der Waals surface area contributed by atoms with Crippen molar-refractivity contribution in [1.82, 2.24) is 14.8 Å². The second-order valence-corrected chi connectivity index (χ2v) is 5.21. The first-order valence-corrected chi connectivity index (χ1v) is 7.02. The highest BCUT2D eigenvalue weighted by atomic mass is 79.9. The van der Waals surface area contributed by atoms with E-state index in [0.717, 1.165) is 28.1 Å². The molecule has 0 amide bonds. The van der Waals surface area contributed by atoms with Gasteiger partial charge in [0.2, 0.25) is 0 Å². The monoisotopic (exact) mass is 339 g/mol. The second kappa shape index (κ2) is 6.12. The van der Waals surface area contributed by atoms with Gasteiger partial charge in [-0.05, 0) is 35.0 Å². The maximum Gasteiger partial charge on any atom is 0.152 e. The summed E-state index contributed by atoms with van der Waals surface area (Å²) in [5, 5.41) is 11.3. The van der Waals surface area contributed by atoms with Crippen molar-refractivity contribution in [2.45, 2.75) is 20.0 Å². The lowest BCUT2D eigenvalue weighted by atomic mass is 10.2. The maximum absolute atomic E-state index is 5.75. The number of rotatable bonds is 5. The molecule has 5 nitrogen and oxygen atoms in total. The van der Waals surface area contributed by atoms with Crippen LogP contribution in [0.5, 0.6) is 0 Å². The molecule has 0 aliphatic heterocycles. The highest BCUT2D eigenvalue weighted by Gasteiger charge is 2.10. The Bertz CT molecular complexity index is 596. The zero-order valence-corrected chi connectivity index (χ0v) is 12.8. The molecule has 0 bridgehead atoms. The molecular weight excluding hydrogens is 326 g/mol. The van der Waals surface area contributed by atoms with Gasteiger partial charge in [-0.25, -0.2) is 0 Å². The van der Waals surface area contributed by atoms with Crippen LogP contribution in [0, 0.1) is 0 Å². The zero-order valence-electron chi connectivity index (χ0n) is 10.4. The normalized spacial score (nSPS) is 10.4. The van der Waals surface area contributed by atoms with Crippen molar-refractivity contribution in [3.63, 3.8) is 0 Å².